The number of likely N-dealkylation sites (tertiary alicyclic amines) is 1. The summed E-state index contributed by atoms with van der Waals surface area (Å²) >= 11 is 0. The van der Waals surface area contributed by atoms with Crippen molar-refractivity contribution < 1.29 is 27.5 Å². The van der Waals surface area contributed by atoms with Crippen molar-refractivity contribution in [3.8, 4) is 0 Å². The van der Waals surface area contributed by atoms with Gasteiger partial charge in [-0.05, 0) is 44.7 Å². The summed E-state index contributed by atoms with van der Waals surface area (Å²) in [4.78, 5) is 39.2. The van der Waals surface area contributed by atoms with E-state index in [1.54, 1.807) is 17.0 Å². The highest BCUT2D eigenvalue weighted by Crippen LogP contribution is 2.20. The average Bonchev–Trinajstić information content (AvgIpc) is 2.80. The molecule has 9 nitrogen and oxygen atoms in total. The molecule has 0 aromatic heterocycles. The monoisotopic (exact) mass is 517 g/mol. The van der Waals surface area contributed by atoms with Gasteiger partial charge in [0.2, 0.25) is 21.8 Å². The van der Waals surface area contributed by atoms with Gasteiger partial charge in [0.25, 0.3) is 0 Å². The third-order valence-electron chi connectivity index (χ3n) is 6.18. The number of nitrogens with zero attached hydrogens (tertiary/aromatic N) is 1. The normalized spacial score (nSPS) is 17.1. The Kier molecular flexibility index (Phi) is 11.5. The number of nitrogens with one attached hydrogen (secondary N) is 2. The summed E-state index contributed by atoms with van der Waals surface area (Å²) < 4.78 is 32.4. The fourth-order valence-corrected chi connectivity index (χ4v) is 4.97. The maximum Gasteiger partial charge on any atom is 0.328 e. The van der Waals surface area contributed by atoms with Crippen LogP contribution in [0.2, 0.25) is 0 Å². The molecule has 0 bridgehead atoms. The zero-order valence-corrected chi connectivity index (χ0v) is 22.0. The summed E-state index contributed by atoms with van der Waals surface area (Å²) in [5, 5.41) is 2.80. The SMILES string of the molecule is CCC(C)C(NC(=O)C1CCN(C(=O)C(C)NS(=O)(=O)c2ccc(C)cc2)CC1)C(=O)OC.Cl. The van der Waals surface area contributed by atoms with E-state index in [9.17, 15) is 22.8 Å². The van der Waals surface area contributed by atoms with Crippen LogP contribution >= 0.6 is 12.4 Å². The maximum absolute atomic E-state index is 12.8. The van der Waals surface area contributed by atoms with E-state index in [1.165, 1.54) is 26.2 Å². The van der Waals surface area contributed by atoms with Crippen molar-refractivity contribution in [2.75, 3.05) is 20.2 Å². The summed E-state index contributed by atoms with van der Waals surface area (Å²) in [6.07, 6.45) is 1.58. The van der Waals surface area contributed by atoms with E-state index in [0.717, 1.165) is 5.56 Å². The minimum atomic E-state index is -3.82. The van der Waals surface area contributed by atoms with Crippen LogP contribution in [0, 0.1) is 18.8 Å². The van der Waals surface area contributed by atoms with Crippen molar-refractivity contribution >= 4 is 40.2 Å². The van der Waals surface area contributed by atoms with Crippen LogP contribution in [-0.2, 0) is 29.1 Å². The lowest BCUT2D eigenvalue weighted by Crippen LogP contribution is -2.52. The first-order valence-electron chi connectivity index (χ1n) is 11.3. The lowest BCUT2D eigenvalue weighted by atomic mass is 9.93. The van der Waals surface area contributed by atoms with Gasteiger partial charge in [0.15, 0.2) is 0 Å². The molecular formula is C23H36ClN3O6S. The van der Waals surface area contributed by atoms with Crippen molar-refractivity contribution in [2.45, 2.75) is 63.9 Å². The molecule has 0 aliphatic carbocycles. The second kappa shape index (κ2) is 13.1. The van der Waals surface area contributed by atoms with Gasteiger partial charge in [0.1, 0.15) is 6.04 Å². The summed E-state index contributed by atoms with van der Waals surface area (Å²) in [7, 11) is -2.53. The van der Waals surface area contributed by atoms with Crippen LogP contribution in [0.5, 0.6) is 0 Å². The average molecular weight is 518 g/mol. The first-order valence-corrected chi connectivity index (χ1v) is 12.7. The van der Waals surface area contributed by atoms with Gasteiger partial charge in [-0.3, -0.25) is 9.59 Å². The van der Waals surface area contributed by atoms with Crippen molar-refractivity contribution in [1.29, 1.82) is 0 Å². The molecule has 1 aromatic carbocycles. The highest BCUT2D eigenvalue weighted by molar-refractivity contribution is 7.89. The number of rotatable bonds is 9. The number of carbonyl (C=O) groups excluding carboxylic acids is 3. The fraction of sp³-hybridized carbons (Fsp3) is 0.609. The summed E-state index contributed by atoms with van der Waals surface area (Å²) in [6, 6.07) is 4.75. The number of hydrogen-bond donors (Lipinski definition) is 2. The second-order valence-electron chi connectivity index (χ2n) is 8.65. The molecule has 2 amide bonds. The van der Waals surface area contributed by atoms with Crippen molar-refractivity contribution in [3.63, 3.8) is 0 Å². The van der Waals surface area contributed by atoms with Gasteiger partial charge < -0.3 is 15.0 Å². The van der Waals surface area contributed by atoms with E-state index in [1.807, 2.05) is 20.8 Å². The molecule has 3 atom stereocenters. The number of halogens is 1. The first kappa shape index (κ1) is 29.9. The summed E-state index contributed by atoms with van der Waals surface area (Å²) in [5.41, 5.74) is 0.937. The van der Waals surface area contributed by atoms with E-state index in [2.05, 4.69) is 10.0 Å². The van der Waals surface area contributed by atoms with Gasteiger partial charge in [-0.15, -0.1) is 12.4 Å². The van der Waals surface area contributed by atoms with Crippen molar-refractivity contribution in [3.05, 3.63) is 29.8 Å². The van der Waals surface area contributed by atoms with E-state index >= 15 is 0 Å². The first-order chi connectivity index (χ1) is 15.5. The van der Waals surface area contributed by atoms with E-state index in [4.69, 9.17) is 4.74 Å². The maximum atomic E-state index is 12.8. The van der Waals surface area contributed by atoms with Crippen molar-refractivity contribution in [1.82, 2.24) is 14.9 Å². The minimum absolute atomic E-state index is 0. The molecule has 0 spiro atoms. The molecule has 192 valence electrons. The van der Waals surface area contributed by atoms with E-state index in [-0.39, 0.29) is 41.0 Å². The molecule has 2 N–H and O–H groups in total. The van der Waals surface area contributed by atoms with Crippen LogP contribution < -0.4 is 10.0 Å². The molecule has 1 fully saturated rings. The Morgan fingerprint density at radius 2 is 1.68 bits per heavy atom. The zero-order valence-electron chi connectivity index (χ0n) is 20.4. The van der Waals surface area contributed by atoms with Crippen LogP contribution in [-0.4, -0.2) is 63.4 Å². The smallest absolute Gasteiger partial charge is 0.328 e. The number of benzene rings is 1. The number of hydrogen-bond acceptors (Lipinski definition) is 6. The number of aryl methyl sites for hydroxylation is 1. The molecule has 1 aliphatic heterocycles. The second-order valence-corrected chi connectivity index (χ2v) is 10.4. The lowest BCUT2D eigenvalue weighted by molar-refractivity contribution is -0.147. The van der Waals surface area contributed by atoms with Crippen LogP contribution in [0.4, 0.5) is 0 Å². The zero-order chi connectivity index (χ0) is 24.8. The Balaban J connectivity index is 0.00000578. The lowest BCUT2D eigenvalue weighted by Gasteiger charge is -2.34. The number of ether oxygens (including phenoxy) is 1. The number of sulfonamides is 1. The van der Waals surface area contributed by atoms with Crippen LogP contribution in [0.15, 0.2) is 29.2 Å². The largest absolute Gasteiger partial charge is 0.467 e. The number of esters is 1. The standard InChI is InChI=1S/C23H35N3O6S.ClH/c1-6-16(3)20(23(29)32-5)24-21(27)18-11-13-26(14-12-18)22(28)17(4)25-33(30,31)19-9-7-15(2)8-10-19;/h7-10,16-18,20,25H,6,11-14H2,1-5H3,(H,24,27);1H. The van der Waals surface area contributed by atoms with E-state index < -0.39 is 28.1 Å². The quantitative estimate of drug-likeness (QED) is 0.483. The van der Waals surface area contributed by atoms with Crippen LogP contribution in [0.1, 0.15) is 45.6 Å². The predicted octanol–water partition coefficient (Wildman–Crippen LogP) is 2.03. The number of carbonyl (C=O) groups is 3. The Hall–Kier alpha value is -2.17. The van der Waals surface area contributed by atoms with Crippen LogP contribution in [0.25, 0.3) is 0 Å². The molecule has 0 saturated carbocycles. The Morgan fingerprint density at radius 3 is 2.18 bits per heavy atom. The topological polar surface area (TPSA) is 122 Å². The molecular weight excluding hydrogens is 482 g/mol. The fourth-order valence-electron chi connectivity index (χ4n) is 3.77. The molecule has 1 aliphatic rings. The molecule has 2 rings (SSSR count). The Labute approximate surface area is 208 Å². The number of methoxy groups -OCH3 is 1. The van der Waals surface area contributed by atoms with Crippen LogP contribution in [0.3, 0.4) is 0 Å². The van der Waals surface area contributed by atoms with Gasteiger partial charge in [0.05, 0.1) is 18.0 Å². The van der Waals surface area contributed by atoms with Gasteiger partial charge in [-0.25, -0.2) is 13.2 Å². The summed E-state index contributed by atoms with van der Waals surface area (Å²) in [5.74, 6) is -1.43. The van der Waals surface area contributed by atoms with E-state index in [0.29, 0.717) is 32.4 Å². The number of amides is 2. The van der Waals surface area contributed by atoms with Crippen molar-refractivity contribution in [2.24, 2.45) is 11.8 Å². The molecule has 1 saturated heterocycles. The molecule has 34 heavy (non-hydrogen) atoms. The molecule has 3 unspecified atom stereocenters. The van der Waals surface area contributed by atoms with Gasteiger partial charge >= 0.3 is 5.97 Å². The third-order valence-corrected chi connectivity index (χ3v) is 7.73. The predicted molar refractivity (Wildman–Crippen MR) is 131 cm³/mol. The third kappa shape index (κ3) is 7.68. The molecule has 1 heterocycles. The Bertz CT molecular complexity index is 946. The summed E-state index contributed by atoms with van der Waals surface area (Å²) in [6.45, 7) is 7.85. The van der Waals surface area contributed by atoms with Gasteiger partial charge in [-0.1, -0.05) is 38.0 Å². The van der Waals surface area contributed by atoms with Gasteiger partial charge in [0, 0.05) is 19.0 Å². The number of piperidine rings is 1. The minimum Gasteiger partial charge on any atom is -0.467 e. The van der Waals surface area contributed by atoms with Gasteiger partial charge in [-0.2, -0.15) is 4.72 Å². The highest BCUT2D eigenvalue weighted by Gasteiger charge is 2.34. The highest BCUT2D eigenvalue weighted by atomic mass is 35.5. The molecule has 11 heteroatoms. The molecule has 0 radical (unpaired) electrons. The Morgan fingerprint density at radius 1 is 1.12 bits per heavy atom. The molecule has 1 aromatic rings.